The van der Waals surface area contributed by atoms with Crippen molar-refractivity contribution in [2.75, 3.05) is 24.7 Å². The van der Waals surface area contributed by atoms with Crippen molar-refractivity contribution in [2.45, 2.75) is 26.1 Å². The third-order valence-electron chi connectivity index (χ3n) is 4.89. The summed E-state index contributed by atoms with van der Waals surface area (Å²) in [6, 6.07) is 17.6. The van der Waals surface area contributed by atoms with Crippen LogP contribution in [0.1, 0.15) is 19.4 Å². The fraction of sp³-hybridized carbons (Fsp3) is 0.333. The molecule has 0 bridgehead atoms. The predicted octanol–water partition coefficient (Wildman–Crippen LogP) is 1.80. The molecular formula is C21H24N3O2+. The highest BCUT2D eigenvalue weighted by atomic mass is 16.5. The molecule has 5 nitrogen and oxygen atoms in total. The molecule has 2 unspecified atom stereocenters. The van der Waals surface area contributed by atoms with Gasteiger partial charge in [-0.3, -0.25) is 9.69 Å². The zero-order valence-electron chi connectivity index (χ0n) is 15.2. The number of amides is 1. The molecule has 0 radical (unpaired) electrons. The third-order valence-corrected chi connectivity index (χ3v) is 4.89. The number of fused-ring (bicyclic) bond motifs is 1. The molecule has 2 heterocycles. The molecular weight excluding hydrogens is 326 g/mol. The van der Waals surface area contributed by atoms with Gasteiger partial charge in [0.2, 0.25) is 0 Å². The Labute approximate surface area is 153 Å². The summed E-state index contributed by atoms with van der Waals surface area (Å²) in [5.74, 6) is -0.0191. The average molecular weight is 350 g/mol. The molecule has 2 aromatic rings. The van der Waals surface area contributed by atoms with Crippen molar-refractivity contribution in [1.29, 1.82) is 0 Å². The summed E-state index contributed by atoms with van der Waals surface area (Å²) in [4.78, 5) is 21.0. The molecule has 0 aromatic heterocycles. The van der Waals surface area contributed by atoms with E-state index in [0.29, 0.717) is 12.4 Å². The van der Waals surface area contributed by atoms with Crippen LogP contribution >= 0.6 is 0 Å². The van der Waals surface area contributed by atoms with Gasteiger partial charge in [-0.25, -0.2) is 4.99 Å². The number of hydrogen-bond acceptors (Lipinski definition) is 3. The Morgan fingerprint density at radius 3 is 2.42 bits per heavy atom. The van der Waals surface area contributed by atoms with Gasteiger partial charge in [0.15, 0.2) is 6.67 Å². The van der Waals surface area contributed by atoms with Crippen LogP contribution in [0, 0.1) is 0 Å². The predicted molar refractivity (Wildman–Crippen MR) is 102 cm³/mol. The fourth-order valence-electron chi connectivity index (χ4n) is 3.90. The van der Waals surface area contributed by atoms with Gasteiger partial charge in [0.05, 0.1) is 11.4 Å². The highest BCUT2D eigenvalue weighted by Gasteiger charge is 2.37. The Morgan fingerprint density at radius 2 is 1.69 bits per heavy atom. The number of hydrogen-bond donors (Lipinski definition) is 1. The Hall–Kier alpha value is -2.50. The number of aliphatic imine (C=N–C) groups is 1. The summed E-state index contributed by atoms with van der Waals surface area (Å²) in [6.07, 6.45) is 0.415. The molecule has 1 amide bonds. The number of rotatable bonds is 3. The molecule has 2 aliphatic heterocycles. The standard InChI is InChI=1S/C21H23N3O2/c1-15-12-23(13-16(2)26-15)14-24-19-11-7-6-10-18(19)20(21(24)25)22-17-8-4-3-5-9-17/h3-11,15-16H,12-14H2,1-2H3/p+1. The second-order valence-electron chi connectivity index (χ2n) is 7.12. The van der Waals surface area contributed by atoms with E-state index in [4.69, 9.17) is 4.74 Å². The van der Waals surface area contributed by atoms with Crippen molar-refractivity contribution in [3.63, 3.8) is 0 Å². The maximum Gasteiger partial charge on any atom is 0.281 e. The number of ether oxygens (including phenoxy) is 1. The number of para-hydroxylation sites is 2. The van der Waals surface area contributed by atoms with Crippen LogP contribution in [0.4, 0.5) is 11.4 Å². The number of nitrogens with zero attached hydrogens (tertiary/aromatic N) is 2. The van der Waals surface area contributed by atoms with E-state index in [0.717, 1.165) is 30.0 Å². The van der Waals surface area contributed by atoms with Gasteiger partial charge in [-0.15, -0.1) is 0 Å². The normalized spacial score (nSPS) is 27.0. The quantitative estimate of drug-likeness (QED) is 0.918. The number of quaternary nitrogens is 1. The minimum atomic E-state index is -0.0191. The van der Waals surface area contributed by atoms with Crippen molar-refractivity contribution < 1.29 is 14.4 Å². The first-order valence-electron chi connectivity index (χ1n) is 9.16. The van der Waals surface area contributed by atoms with Crippen LogP contribution in [0.2, 0.25) is 0 Å². The van der Waals surface area contributed by atoms with Gasteiger partial charge < -0.3 is 9.64 Å². The van der Waals surface area contributed by atoms with Crippen molar-refractivity contribution in [2.24, 2.45) is 4.99 Å². The Morgan fingerprint density at radius 1 is 1.04 bits per heavy atom. The van der Waals surface area contributed by atoms with E-state index in [1.54, 1.807) is 0 Å². The minimum Gasteiger partial charge on any atom is -0.364 e. The molecule has 5 heteroatoms. The molecule has 0 aliphatic carbocycles. The van der Waals surface area contributed by atoms with E-state index < -0.39 is 0 Å². The second kappa shape index (κ2) is 7.02. The first-order valence-corrected chi connectivity index (χ1v) is 9.16. The molecule has 1 fully saturated rings. The van der Waals surface area contributed by atoms with Crippen LogP contribution < -0.4 is 9.80 Å². The van der Waals surface area contributed by atoms with Crippen LogP contribution in [0.15, 0.2) is 59.6 Å². The first kappa shape index (κ1) is 16.9. The van der Waals surface area contributed by atoms with Crippen molar-refractivity contribution in [3.8, 4) is 0 Å². The second-order valence-corrected chi connectivity index (χ2v) is 7.12. The molecule has 4 rings (SSSR count). The molecule has 0 saturated carbocycles. The summed E-state index contributed by atoms with van der Waals surface area (Å²) < 4.78 is 5.83. The topological polar surface area (TPSA) is 46.3 Å². The summed E-state index contributed by atoms with van der Waals surface area (Å²) in [6.45, 7) is 6.64. The Balaban J connectivity index is 1.65. The smallest absolute Gasteiger partial charge is 0.281 e. The van der Waals surface area contributed by atoms with Gasteiger partial charge in [0.25, 0.3) is 5.91 Å². The maximum atomic E-state index is 13.2. The third kappa shape index (κ3) is 3.28. The lowest BCUT2D eigenvalue weighted by Crippen LogP contribution is -3.17. The number of anilines is 1. The first-order chi connectivity index (χ1) is 12.6. The van der Waals surface area contributed by atoms with E-state index in [1.165, 1.54) is 4.90 Å². The fourth-order valence-corrected chi connectivity index (χ4v) is 3.90. The van der Waals surface area contributed by atoms with Gasteiger partial charge in [0.1, 0.15) is 31.0 Å². The molecule has 2 aliphatic rings. The van der Waals surface area contributed by atoms with Crippen LogP contribution in [-0.4, -0.2) is 43.6 Å². The zero-order chi connectivity index (χ0) is 18.1. The van der Waals surface area contributed by atoms with Gasteiger partial charge in [-0.05, 0) is 32.0 Å². The van der Waals surface area contributed by atoms with E-state index >= 15 is 0 Å². The van der Waals surface area contributed by atoms with Crippen LogP contribution in [0.25, 0.3) is 0 Å². The summed E-state index contributed by atoms with van der Waals surface area (Å²) in [5.41, 5.74) is 3.19. The Kier molecular flexibility index (Phi) is 4.57. The highest BCUT2D eigenvalue weighted by Crippen LogP contribution is 2.29. The van der Waals surface area contributed by atoms with E-state index in [9.17, 15) is 4.79 Å². The molecule has 1 N–H and O–H groups in total. The number of benzene rings is 2. The van der Waals surface area contributed by atoms with Crippen molar-refractivity contribution in [3.05, 3.63) is 60.2 Å². The van der Waals surface area contributed by atoms with E-state index in [-0.39, 0.29) is 18.1 Å². The van der Waals surface area contributed by atoms with Crippen LogP contribution in [0.5, 0.6) is 0 Å². The Bertz CT molecular complexity index is 824. The van der Waals surface area contributed by atoms with Crippen molar-refractivity contribution >= 4 is 23.0 Å². The number of carbonyl (C=O) groups excluding carboxylic acids is 1. The molecule has 2 aromatic carbocycles. The SMILES string of the molecule is CC1C[NH+](CN2C(=O)C(=Nc3ccccc3)c3ccccc32)CC(C)O1. The van der Waals surface area contributed by atoms with Gasteiger partial charge in [0, 0.05) is 5.56 Å². The lowest BCUT2D eigenvalue weighted by atomic mass is 10.1. The monoisotopic (exact) mass is 350 g/mol. The zero-order valence-corrected chi connectivity index (χ0v) is 15.2. The van der Waals surface area contributed by atoms with Gasteiger partial charge >= 0.3 is 0 Å². The highest BCUT2D eigenvalue weighted by molar-refractivity contribution is 6.54. The molecule has 134 valence electrons. The van der Waals surface area contributed by atoms with Crippen LogP contribution in [0.3, 0.4) is 0 Å². The van der Waals surface area contributed by atoms with Crippen LogP contribution in [-0.2, 0) is 9.53 Å². The average Bonchev–Trinajstić information content (AvgIpc) is 2.88. The maximum absolute atomic E-state index is 13.2. The lowest BCUT2D eigenvalue weighted by molar-refractivity contribution is -0.913. The van der Waals surface area contributed by atoms with Crippen molar-refractivity contribution in [1.82, 2.24) is 0 Å². The number of nitrogens with one attached hydrogen (secondary N) is 1. The molecule has 0 spiro atoms. The molecule has 2 atom stereocenters. The van der Waals surface area contributed by atoms with Gasteiger partial charge in [-0.2, -0.15) is 0 Å². The van der Waals surface area contributed by atoms with E-state index in [1.807, 2.05) is 59.5 Å². The minimum absolute atomic E-state index is 0.0191. The summed E-state index contributed by atoms with van der Waals surface area (Å²) >= 11 is 0. The largest absolute Gasteiger partial charge is 0.364 e. The lowest BCUT2D eigenvalue weighted by Gasteiger charge is -2.34. The van der Waals surface area contributed by atoms with E-state index in [2.05, 4.69) is 18.8 Å². The van der Waals surface area contributed by atoms with Gasteiger partial charge in [-0.1, -0.05) is 36.4 Å². The number of carbonyl (C=O) groups is 1. The summed E-state index contributed by atoms with van der Waals surface area (Å²) in [5, 5.41) is 0. The number of morpholine rings is 1. The molecule has 1 saturated heterocycles. The molecule has 26 heavy (non-hydrogen) atoms. The summed E-state index contributed by atoms with van der Waals surface area (Å²) in [7, 11) is 0.